The van der Waals surface area contributed by atoms with Crippen molar-refractivity contribution in [1.29, 1.82) is 0 Å². The predicted octanol–water partition coefficient (Wildman–Crippen LogP) is 2.63. The first-order valence-corrected chi connectivity index (χ1v) is 6.50. The van der Waals surface area contributed by atoms with Crippen LogP contribution >= 0.6 is 0 Å². The molecule has 1 aliphatic carbocycles. The summed E-state index contributed by atoms with van der Waals surface area (Å²) in [5, 5.41) is 0. The quantitative estimate of drug-likeness (QED) is 0.846. The molecule has 1 fully saturated rings. The maximum atomic E-state index is 11.9. The molecule has 2 rings (SSSR count). The van der Waals surface area contributed by atoms with Crippen LogP contribution in [0.25, 0.3) is 0 Å². The van der Waals surface area contributed by atoms with Crippen LogP contribution in [0, 0.1) is 0 Å². The second-order valence-corrected chi connectivity index (χ2v) is 5.28. The van der Waals surface area contributed by atoms with E-state index in [1.807, 2.05) is 0 Å². The smallest absolute Gasteiger partial charge is 0.139 e. The second kappa shape index (κ2) is 5.01. The highest BCUT2D eigenvalue weighted by Crippen LogP contribution is 2.32. The summed E-state index contributed by atoms with van der Waals surface area (Å²) in [7, 11) is 0. The van der Waals surface area contributed by atoms with Gasteiger partial charge in [-0.3, -0.25) is 4.79 Å². The van der Waals surface area contributed by atoms with E-state index in [0.29, 0.717) is 12.8 Å². The van der Waals surface area contributed by atoms with Crippen LogP contribution in [-0.2, 0) is 17.6 Å². The van der Waals surface area contributed by atoms with Crippen molar-refractivity contribution in [2.24, 2.45) is 5.73 Å². The molecule has 0 atom stereocenters. The minimum Gasteiger partial charge on any atom is -0.325 e. The predicted molar refractivity (Wildman–Crippen MR) is 69.9 cm³/mol. The lowest BCUT2D eigenvalue weighted by molar-refractivity contribution is -0.120. The number of carbonyl (C=O) groups excluding carboxylic acids is 1. The van der Waals surface area contributed by atoms with Gasteiger partial charge in [0.1, 0.15) is 5.78 Å². The summed E-state index contributed by atoms with van der Waals surface area (Å²) in [6.45, 7) is 2.13. The van der Waals surface area contributed by atoms with Crippen molar-refractivity contribution in [3.8, 4) is 0 Å². The topological polar surface area (TPSA) is 43.1 Å². The first kappa shape index (κ1) is 12.3. The fraction of sp³-hybridized carbons (Fsp3) is 0.533. The lowest BCUT2D eigenvalue weighted by Gasteiger charge is -2.37. The first-order valence-electron chi connectivity index (χ1n) is 6.50. The van der Waals surface area contributed by atoms with Gasteiger partial charge in [-0.2, -0.15) is 0 Å². The molecule has 0 bridgehead atoms. The molecule has 1 aromatic carbocycles. The number of ketones is 1. The normalized spacial score (nSPS) is 17.5. The van der Waals surface area contributed by atoms with Crippen LogP contribution in [0.15, 0.2) is 24.3 Å². The zero-order chi connectivity index (χ0) is 12.3. The second-order valence-electron chi connectivity index (χ2n) is 5.28. The molecular weight excluding hydrogens is 210 g/mol. The van der Waals surface area contributed by atoms with Gasteiger partial charge in [0.15, 0.2) is 0 Å². The molecule has 1 aromatic rings. The Kier molecular flexibility index (Phi) is 3.63. The first-order chi connectivity index (χ1) is 8.11. The third kappa shape index (κ3) is 3.16. The van der Waals surface area contributed by atoms with Crippen molar-refractivity contribution in [1.82, 2.24) is 0 Å². The Hall–Kier alpha value is -1.15. The monoisotopic (exact) mass is 231 g/mol. The Balaban J connectivity index is 1.89. The van der Waals surface area contributed by atoms with E-state index in [1.165, 1.54) is 12.0 Å². The van der Waals surface area contributed by atoms with Crippen LogP contribution in [0.1, 0.15) is 43.7 Å². The number of hydrogen-bond acceptors (Lipinski definition) is 2. The fourth-order valence-electron chi connectivity index (χ4n) is 2.38. The summed E-state index contributed by atoms with van der Waals surface area (Å²) in [5.74, 6) is 0.274. The third-order valence-corrected chi connectivity index (χ3v) is 3.73. The summed E-state index contributed by atoms with van der Waals surface area (Å²) in [4.78, 5) is 11.9. The van der Waals surface area contributed by atoms with Crippen molar-refractivity contribution in [3.63, 3.8) is 0 Å². The van der Waals surface area contributed by atoms with E-state index in [0.717, 1.165) is 24.8 Å². The average molecular weight is 231 g/mol. The zero-order valence-electron chi connectivity index (χ0n) is 10.5. The largest absolute Gasteiger partial charge is 0.325 e. The molecule has 0 saturated heterocycles. The van der Waals surface area contributed by atoms with Crippen LogP contribution < -0.4 is 5.73 Å². The molecule has 2 heteroatoms. The van der Waals surface area contributed by atoms with Crippen molar-refractivity contribution >= 4 is 5.78 Å². The molecule has 2 nitrogen and oxygen atoms in total. The van der Waals surface area contributed by atoms with E-state index in [2.05, 4.69) is 31.2 Å². The van der Waals surface area contributed by atoms with Crippen LogP contribution in [0.2, 0.25) is 0 Å². The average Bonchev–Trinajstić information content (AvgIpc) is 2.28. The number of aryl methyl sites for hydroxylation is 1. The molecule has 17 heavy (non-hydrogen) atoms. The van der Waals surface area contributed by atoms with Crippen molar-refractivity contribution in [2.45, 2.75) is 51.0 Å². The Labute approximate surface area is 103 Å². The van der Waals surface area contributed by atoms with Gasteiger partial charge in [-0.15, -0.1) is 0 Å². The minimum absolute atomic E-state index is 0.180. The Morgan fingerprint density at radius 3 is 2.29 bits per heavy atom. The number of nitrogens with two attached hydrogens (primary N) is 1. The highest BCUT2D eigenvalue weighted by molar-refractivity contribution is 5.82. The van der Waals surface area contributed by atoms with Crippen molar-refractivity contribution in [3.05, 3.63) is 35.4 Å². The molecular formula is C15H21NO. The Bertz CT molecular complexity index is 390. The zero-order valence-corrected chi connectivity index (χ0v) is 10.5. The maximum absolute atomic E-state index is 11.9. The third-order valence-electron chi connectivity index (χ3n) is 3.73. The summed E-state index contributed by atoms with van der Waals surface area (Å²) in [6, 6.07) is 8.32. The minimum atomic E-state index is -0.180. The van der Waals surface area contributed by atoms with Gasteiger partial charge >= 0.3 is 0 Å². The number of benzene rings is 1. The molecule has 0 heterocycles. The van der Waals surface area contributed by atoms with Gasteiger partial charge < -0.3 is 5.73 Å². The summed E-state index contributed by atoms with van der Waals surface area (Å²) in [6.07, 6.45) is 5.31. The molecule has 1 saturated carbocycles. The lowest BCUT2D eigenvalue weighted by atomic mass is 9.74. The maximum Gasteiger partial charge on any atom is 0.139 e. The standard InChI is InChI=1S/C15H21NO/c1-2-12-4-6-13(7-5-12)10-14(17)11-15(16)8-3-9-15/h4-7H,2-3,8-11,16H2,1H3. The van der Waals surface area contributed by atoms with Crippen LogP contribution in [0.5, 0.6) is 0 Å². The highest BCUT2D eigenvalue weighted by Gasteiger charge is 2.34. The van der Waals surface area contributed by atoms with E-state index in [4.69, 9.17) is 5.73 Å². The van der Waals surface area contributed by atoms with Crippen LogP contribution in [0.3, 0.4) is 0 Å². The summed E-state index contributed by atoms with van der Waals surface area (Å²) < 4.78 is 0. The van der Waals surface area contributed by atoms with E-state index >= 15 is 0 Å². The number of hydrogen-bond donors (Lipinski definition) is 1. The van der Waals surface area contributed by atoms with Gasteiger partial charge in [-0.1, -0.05) is 31.2 Å². The molecule has 0 aromatic heterocycles. The number of carbonyl (C=O) groups is 1. The van der Waals surface area contributed by atoms with Gasteiger partial charge in [0.25, 0.3) is 0 Å². The lowest BCUT2D eigenvalue weighted by Crippen LogP contribution is -2.48. The summed E-state index contributed by atoms with van der Waals surface area (Å²) >= 11 is 0. The van der Waals surface area contributed by atoms with Gasteiger partial charge in [0.05, 0.1) is 0 Å². The van der Waals surface area contributed by atoms with Crippen molar-refractivity contribution < 1.29 is 4.79 Å². The van der Waals surface area contributed by atoms with E-state index in [-0.39, 0.29) is 11.3 Å². The fourth-order valence-corrected chi connectivity index (χ4v) is 2.38. The summed E-state index contributed by atoms with van der Waals surface area (Å²) in [5.41, 5.74) is 8.32. The van der Waals surface area contributed by atoms with Crippen LogP contribution in [-0.4, -0.2) is 11.3 Å². The number of rotatable bonds is 5. The molecule has 1 aliphatic rings. The van der Waals surface area contributed by atoms with Gasteiger partial charge in [-0.25, -0.2) is 0 Å². The molecule has 0 amide bonds. The van der Waals surface area contributed by atoms with Crippen molar-refractivity contribution in [2.75, 3.05) is 0 Å². The van der Waals surface area contributed by atoms with Gasteiger partial charge in [0.2, 0.25) is 0 Å². The molecule has 92 valence electrons. The SMILES string of the molecule is CCc1ccc(CC(=O)CC2(N)CCC2)cc1. The molecule has 0 spiro atoms. The molecule has 0 aliphatic heterocycles. The molecule has 0 radical (unpaired) electrons. The Morgan fingerprint density at radius 2 is 1.82 bits per heavy atom. The van der Waals surface area contributed by atoms with E-state index < -0.39 is 0 Å². The molecule has 0 unspecified atom stereocenters. The molecule has 2 N–H and O–H groups in total. The highest BCUT2D eigenvalue weighted by atomic mass is 16.1. The Morgan fingerprint density at radius 1 is 1.24 bits per heavy atom. The van der Waals surface area contributed by atoms with E-state index in [9.17, 15) is 4.79 Å². The van der Waals surface area contributed by atoms with E-state index in [1.54, 1.807) is 0 Å². The van der Waals surface area contributed by atoms with Gasteiger partial charge in [-0.05, 0) is 36.8 Å². The number of Topliss-reactive ketones (excluding diaryl/α,β-unsaturated/α-hetero) is 1. The van der Waals surface area contributed by atoms with Gasteiger partial charge in [0, 0.05) is 18.4 Å². The van der Waals surface area contributed by atoms with Crippen LogP contribution in [0.4, 0.5) is 0 Å².